The zero-order valence-electron chi connectivity index (χ0n) is 15.5. The number of carbonyl (C=O) groups is 1. The average Bonchev–Trinajstić information content (AvgIpc) is 3.11. The Balaban J connectivity index is 1.56. The summed E-state index contributed by atoms with van der Waals surface area (Å²) in [5.41, 5.74) is 1.25. The molecule has 0 aliphatic heterocycles. The van der Waals surface area contributed by atoms with Crippen molar-refractivity contribution in [2.24, 2.45) is 0 Å². The van der Waals surface area contributed by atoms with Crippen LogP contribution >= 0.6 is 22.6 Å². The Morgan fingerprint density at radius 2 is 1.63 bits per heavy atom. The maximum absolute atomic E-state index is 13.7. The topological polar surface area (TPSA) is 68.2 Å². The third-order valence-electron chi connectivity index (χ3n) is 4.70. The summed E-state index contributed by atoms with van der Waals surface area (Å²) in [5, 5.41) is 3.49. The van der Waals surface area contributed by atoms with Crippen LogP contribution in [0.2, 0.25) is 0 Å². The van der Waals surface area contributed by atoms with Crippen molar-refractivity contribution in [1.29, 1.82) is 0 Å². The lowest BCUT2D eigenvalue weighted by molar-refractivity contribution is 0.0950. The summed E-state index contributed by atoms with van der Waals surface area (Å²) in [6.45, 7) is 0.0410. The molecule has 30 heavy (non-hydrogen) atoms. The first-order valence-electron chi connectivity index (χ1n) is 9.01. The van der Waals surface area contributed by atoms with Crippen molar-refractivity contribution in [1.82, 2.24) is 9.29 Å². The predicted molar refractivity (Wildman–Crippen MR) is 121 cm³/mol. The molecule has 0 bridgehead atoms. The van der Waals surface area contributed by atoms with E-state index in [1.54, 1.807) is 36.5 Å². The SMILES string of the molecule is O=C(NCc1ccccc1F)c1ccc(S(=O)(=O)n2cc(I)c3ccccc32)cc1. The van der Waals surface area contributed by atoms with E-state index in [1.807, 2.05) is 12.1 Å². The normalized spacial score (nSPS) is 11.5. The lowest BCUT2D eigenvalue weighted by Gasteiger charge is -2.09. The molecule has 0 aliphatic carbocycles. The summed E-state index contributed by atoms with van der Waals surface area (Å²) in [7, 11) is -3.82. The Kier molecular flexibility index (Phi) is 5.61. The van der Waals surface area contributed by atoms with E-state index in [0.29, 0.717) is 11.1 Å². The van der Waals surface area contributed by atoms with Gasteiger partial charge in [0, 0.05) is 32.8 Å². The highest BCUT2D eigenvalue weighted by molar-refractivity contribution is 14.1. The second-order valence-corrected chi connectivity index (χ2v) is 9.57. The van der Waals surface area contributed by atoms with E-state index in [9.17, 15) is 17.6 Å². The number of amides is 1. The van der Waals surface area contributed by atoms with Gasteiger partial charge in [0.05, 0.1) is 10.4 Å². The molecular weight excluding hydrogens is 518 g/mol. The van der Waals surface area contributed by atoms with Gasteiger partial charge in [-0.2, -0.15) is 0 Å². The minimum Gasteiger partial charge on any atom is -0.348 e. The van der Waals surface area contributed by atoms with Crippen LogP contribution in [0.25, 0.3) is 10.9 Å². The van der Waals surface area contributed by atoms with Crippen molar-refractivity contribution in [3.8, 4) is 0 Å². The molecule has 0 aliphatic rings. The highest BCUT2D eigenvalue weighted by Crippen LogP contribution is 2.27. The van der Waals surface area contributed by atoms with Gasteiger partial charge in [-0.15, -0.1) is 0 Å². The third-order valence-corrected chi connectivity index (χ3v) is 7.25. The smallest absolute Gasteiger partial charge is 0.268 e. The highest BCUT2D eigenvalue weighted by atomic mass is 127. The van der Waals surface area contributed by atoms with E-state index in [2.05, 4.69) is 27.9 Å². The zero-order chi connectivity index (χ0) is 21.3. The van der Waals surface area contributed by atoms with Crippen molar-refractivity contribution < 1.29 is 17.6 Å². The van der Waals surface area contributed by atoms with E-state index in [0.717, 1.165) is 8.96 Å². The fourth-order valence-electron chi connectivity index (χ4n) is 3.12. The number of hydrogen-bond acceptors (Lipinski definition) is 3. The summed E-state index contributed by atoms with van der Waals surface area (Å²) in [4.78, 5) is 12.4. The van der Waals surface area contributed by atoms with Gasteiger partial charge in [-0.05, 0) is 59.0 Å². The predicted octanol–water partition coefficient (Wildman–Crippen LogP) is 4.55. The van der Waals surface area contributed by atoms with Crippen molar-refractivity contribution in [2.45, 2.75) is 11.4 Å². The Hall–Kier alpha value is -2.72. The summed E-state index contributed by atoms with van der Waals surface area (Å²) >= 11 is 2.10. The molecule has 4 rings (SSSR count). The molecule has 0 atom stereocenters. The number of benzene rings is 3. The Labute approximate surface area is 186 Å². The molecule has 0 radical (unpaired) electrons. The van der Waals surface area contributed by atoms with Gasteiger partial charge >= 0.3 is 0 Å². The van der Waals surface area contributed by atoms with Crippen LogP contribution in [0.5, 0.6) is 0 Å². The van der Waals surface area contributed by atoms with Gasteiger partial charge in [0.15, 0.2) is 0 Å². The van der Waals surface area contributed by atoms with Gasteiger partial charge in [-0.25, -0.2) is 16.8 Å². The van der Waals surface area contributed by atoms with Gasteiger partial charge in [0.2, 0.25) is 0 Å². The fraction of sp³-hybridized carbons (Fsp3) is 0.0455. The maximum Gasteiger partial charge on any atom is 0.268 e. The number of halogens is 2. The van der Waals surface area contributed by atoms with Gasteiger partial charge in [-0.3, -0.25) is 4.79 Å². The van der Waals surface area contributed by atoms with Crippen molar-refractivity contribution in [3.05, 3.63) is 99.5 Å². The van der Waals surface area contributed by atoms with E-state index >= 15 is 0 Å². The van der Waals surface area contributed by atoms with Crippen molar-refractivity contribution in [3.63, 3.8) is 0 Å². The van der Waals surface area contributed by atoms with Crippen molar-refractivity contribution >= 4 is 49.4 Å². The minimum absolute atomic E-state index is 0.0410. The van der Waals surface area contributed by atoms with Crippen LogP contribution in [0.4, 0.5) is 4.39 Å². The van der Waals surface area contributed by atoms with Gasteiger partial charge < -0.3 is 5.32 Å². The molecule has 1 N–H and O–H groups in total. The van der Waals surface area contributed by atoms with Crippen LogP contribution in [0.15, 0.2) is 83.9 Å². The molecule has 1 aromatic heterocycles. The highest BCUT2D eigenvalue weighted by Gasteiger charge is 2.21. The fourth-order valence-corrected chi connectivity index (χ4v) is 5.41. The third kappa shape index (κ3) is 3.84. The number of hydrogen-bond donors (Lipinski definition) is 1. The molecular formula is C22H16FIN2O3S. The van der Waals surface area contributed by atoms with Crippen LogP contribution in [0, 0.1) is 9.39 Å². The lowest BCUT2D eigenvalue weighted by Crippen LogP contribution is -2.23. The standard InChI is InChI=1S/C22H16FIN2O3S/c23-19-7-3-1-5-16(19)13-25-22(27)15-9-11-17(12-10-15)30(28,29)26-14-20(24)18-6-2-4-8-21(18)26/h1-12,14H,13H2,(H,25,27). The number of nitrogens with one attached hydrogen (secondary N) is 1. The molecule has 0 unspecified atom stereocenters. The van der Waals surface area contributed by atoms with Gasteiger partial charge in [0.25, 0.3) is 15.9 Å². The first-order valence-corrected chi connectivity index (χ1v) is 11.5. The van der Waals surface area contributed by atoms with Crippen LogP contribution in [-0.2, 0) is 16.6 Å². The summed E-state index contributed by atoms with van der Waals surface area (Å²) < 4.78 is 42.0. The van der Waals surface area contributed by atoms with Crippen LogP contribution < -0.4 is 5.32 Å². The first-order chi connectivity index (χ1) is 14.4. The number of aromatic nitrogens is 1. The number of nitrogens with zero attached hydrogens (tertiary/aromatic N) is 1. The first kappa shape index (κ1) is 20.5. The summed E-state index contributed by atoms with van der Waals surface area (Å²) in [5.74, 6) is -0.809. The molecule has 152 valence electrons. The van der Waals surface area contributed by atoms with Gasteiger partial charge in [-0.1, -0.05) is 36.4 Å². The number of para-hydroxylation sites is 1. The molecule has 0 saturated heterocycles. The molecule has 0 fully saturated rings. The monoisotopic (exact) mass is 534 g/mol. The van der Waals surface area contributed by atoms with E-state index in [4.69, 9.17) is 0 Å². The number of rotatable bonds is 5. The molecule has 1 heterocycles. The molecule has 8 heteroatoms. The van der Waals surface area contributed by atoms with Crippen LogP contribution in [-0.4, -0.2) is 18.3 Å². The summed E-state index contributed by atoms with van der Waals surface area (Å²) in [6.07, 6.45) is 1.58. The number of fused-ring (bicyclic) bond motifs is 1. The Morgan fingerprint density at radius 3 is 2.37 bits per heavy atom. The van der Waals surface area contributed by atoms with Crippen LogP contribution in [0.1, 0.15) is 15.9 Å². The summed E-state index contributed by atoms with van der Waals surface area (Å²) in [6, 6.07) is 19.1. The Bertz CT molecular complexity index is 1350. The maximum atomic E-state index is 13.7. The quantitative estimate of drug-likeness (QED) is 0.382. The molecule has 1 amide bonds. The molecule has 3 aromatic carbocycles. The number of carbonyl (C=O) groups excluding carboxylic acids is 1. The zero-order valence-corrected chi connectivity index (χ0v) is 18.5. The second-order valence-electron chi connectivity index (χ2n) is 6.59. The average molecular weight is 534 g/mol. The minimum atomic E-state index is -3.82. The van der Waals surface area contributed by atoms with E-state index in [1.165, 1.54) is 34.3 Å². The van der Waals surface area contributed by atoms with Crippen molar-refractivity contribution in [2.75, 3.05) is 0 Å². The van der Waals surface area contributed by atoms with Gasteiger partial charge in [0.1, 0.15) is 5.82 Å². The molecule has 0 spiro atoms. The van der Waals surface area contributed by atoms with Crippen LogP contribution in [0.3, 0.4) is 0 Å². The molecule has 0 saturated carbocycles. The van der Waals surface area contributed by atoms with E-state index < -0.39 is 21.7 Å². The van der Waals surface area contributed by atoms with E-state index in [-0.39, 0.29) is 17.0 Å². The molecule has 4 aromatic rings. The lowest BCUT2D eigenvalue weighted by atomic mass is 10.2. The Morgan fingerprint density at radius 1 is 0.967 bits per heavy atom. The largest absolute Gasteiger partial charge is 0.348 e. The second kappa shape index (κ2) is 8.19. The molecule has 5 nitrogen and oxygen atoms in total.